The van der Waals surface area contributed by atoms with Gasteiger partial charge in [-0.3, -0.25) is 4.79 Å². The third kappa shape index (κ3) is 3.56. The van der Waals surface area contributed by atoms with Gasteiger partial charge in [0.1, 0.15) is 0 Å². The largest absolute Gasteiger partial charge is 0.369 e. The number of carbonyl (C=O) groups excluding carboxylic acids is 1. The van der Waals surface area contributed by atoms with E-state index in [0.717, 1.165) is 19.3 Å². The van der Waals surface area contributed by atoms with E-state index in [1.165, 1.54) is 5.57 Å². The molecule has 1 atom stereocenters. The Bertz CT molecular complexity index is 173. The maximum Gasteiger partial charge on any atom is 0.220 e. The maximum absolute atomic E-state index is 10.7. The first-order valence-electron chi connectivity index (χ1n) is 4.65. The molecule has 0 fully saturated rings. The molecule has 0 bridgehead atoms. The van der Waals surface area contributed by atoms with Crippen molar-refractivity contribution in [2.75, 3.05) is 0 Å². The third-order valence-electron chi connectivity index (χ3n) is 2.04. The van der Waals surface area contributed by atoms with Gasteiger partial charge in [-0.1, -0.05) is 25.5 Å². The van der Waals surface area contributed by atoms with E-state index in [9.17, 15) is 4.79 Å². The van der Waals surface area contributed by atoms with Gasteiger partial charge in [0.2, 0.25) is 5.91 Å². The molecule has 0 heterocycles. The Morgan fingerprint density at radius 2 is 2.17 bits per heavy atom. The molecular weight excluding hydrogens is 150 g/mol. The predicted molar refractivity (Wildman–Crippen MR) is 51.6 cm³/mol. The molecule has 0 spiro atoms. The first-order valence-corrected chi connectivity index (χ1v) is 4.65. The Kier molecular flexibility index (Phi) is 5.43. The van der Waals surface area contributed by atoms with Crippen LogP contribution in [0.3, 0.4) is 0 Å². The number of carbonyl (C=O) groups is 1. The molecule has 0 aromatic carbocycles. The van der Waals surface area contributed by atoms with Gasteiger partial charge in [0.05, 0.1) is 0 Å². The Morgan fingerprint density at radius 3 is 2.50 bits per heavy atom. The lowest BCUT2D eigenvalue weighted by Gasteiger charge is -2.16. The molecule has 2 N–H and O–H groups in total. The number of nitrogens with two attached hydrogens (primary N) is 1. The van der Waals surface area contributed by atoms with Gasteiger partial charge in [-0.25, -0.2) is 0 Å². The topological polar surface area (TPSA) is 43.1 Å². The van der Waals surface area contributed by atoms with Gasteiger partial charge in [0.25, 0.3) is 0 Å². The van der Waals surface area contributed by atoms with E-state index in [1.54, 1.807) is 0 Å². The minimum absolute atomic E-state index is 0.101. The lowest BCUT2D eigenvalue weighted by molar-refractivity contribution is -0.122. The second-order valence-corrected chi connectivity index (χ2v) is 2.92. The van der Waals surface area contributed by atoms with Crippen LogP contribution in [0.5, 0.6) is 0 Å². The Balaban J connectivity index is 0.000000561. The summed E-state index contributed by atoms with van der Waals surface area (Å²) in [5.41, 5.74) is 6.53. The molecule has 1 unspecified atom stereocenters. The predicted octanol–water partition coefficient (Wildman–Crippen LogP) is 2.24. The van der Waals surface area contributed by atoms with E-state index in [-0.39, 0.29) is 11.8 Å². The van der Waals surface area contributed by atoms with Crippen molar-refractivity contribution < 1.29 is 4.79 Å². The van der Waals surface area contributed by atoms with Crippen LogP contribution in [-0.4, -0.2) is 5.91 Å². The number of allylic oxidation sites excluding steroid dienone is 2. The van der Waals surface area contributed by atoms with Crippen LogP contribution in [0.1, 0.15) is 40.0 Å². The van der Waals surface area contributed by atoms with E-state index < -0.39 is 0 Å². The van der Waals surface area contributed by atoms with Gasteiger partial charge in [-0.05, 0) is 26.2 Å². The molecule has 1 amide bonds. The highest BCUT2D eigenvalue weighted by molar-refractivity contribution is 5.77. The summed E-state index contributed by atoms with van der Waals surface area (Å²) in [6, 6.07) is 0. The van der Waals surface area contributed by atoms with E-state index in [1.807, 2.05) is 13.8 Å². The summed E-state index contributed by atoms with van der Waals surface area (Å²) in [6.07, 6.45) is 4.94. The molecule has 1 aliphatic rings. The van der Waals surface area contributed by atoms with Crippen molar-refractivity contribution in [2.45, 2.75) is 40.0 Å². The van der Waals surface area contributed by atoms with Crippen LogP contribution in [0.4, 0.5) is 0 Å². The van der Waals surface area contributed by atoms with Crippen molar-refractivity contribution in [3.05, 3.63) is 11.6 Å². The monoisotopic (exact) mass is 169 g/mol. The zero-order chi connectivity index (χ0) is 9.56. The van der Waals surface area contributed by atoms with Crippen LogP contribution >= 0.6 is 0 Å². The first-order chi connectivity index (χ1) is 5.70. The van der Waals surface area contributed by atoms with Crippen LogP contribution < -0.4 is 5.73 Å². The highest BCUT2D eigenvalue weighted by Crippen LogP contribution is 2.22. The van der Waals surface area contributed by atoms with Gasteiger partial charge < -0.3 is 5.73 Å². The molecule has 70 valence electrons. The molecule has 0 saturated heterocycles. The van der Waals surface area contributed by atoms with Crippen molar-refractivity contribution in [2.24, 2.45) is 11.7 Å². The number of rotatable bonds is 1. The van der Waals surface area contributed by atoms with E-state index in [0.29, 0.717) is 0 Å². The zero-order valence-electron chi connectivity index (χ0n) is 8.26. The van der Waals surface area contributed by atoms with Crippen LogP contribution in [0.25, 0.3) is 0 Å². The summed E-state index contributed by atoms with van der Waals surface area (Å²) in [7, 11) is 0. The molecule has 2 nitrogen and oxygen atoms in total. The number of hydrogen-bond acceptors (Lipinski definition) is 1. The van der Waals surface area contributed by atoms with Crippen LogP contribution in [-0.2, 0) is 4.79 Å². The molecule has 1 rings (SSSR count). The average Bonchev–Trinajstić information content (AvgIpc) is 2.09. The first kappa shape index (κ1) is 11.2. The van der Waals surface area contributed by atoms with Crippen LogP contribution in [0.15, 0.2) is 11.6 Å². The molecule has 12 heavy (non-hydrogen) atoms. The second-order valence-electron chi connectivity index (χ2n) is 2.92. The van der Waals surface area contributed by atoms with E-state index >= 15 is 0 Å². The summed E-state index contributed by atoms with van der Waals surface area (Å²) < 4.78 is 0. The van der Waals surface area contributed by atoms with Gasteiger partial charge >= 0.3 is 0 Å². The van der Waals surface area contributed by atoms with Crippen molar-refractivity contribution >= 4 is 5.91 Å². The van der Waals surface area contributed by atoms with Crippen LogP contribution in [0.2, 0.25) is 0 Å². The molecule has 0 saturated carbocycles. The third-order valence-corrected chi connectivity index (χ3v) is 2.04. The van der Waals surface area contributed by atoms with Gasteiger partial charge in [0, 0.05) is 5.92 Å². The maximum atomic E-state index is 10.7. The summed E-state index contributed by atoms with van der Waals surface area (Å²) >= 11 is 0. The summed E-state index contributed by atoms with van der Waals surface area (Å²) in [5, 5.41) is 0. The normalized spacial score (nSPS) is 21.9. The minimum Gasteiger partial charge on any atom is -0.369 e. The molecule has 2 heteroatoms. The van der Waals surface area contributed by atoms with Gasteiger partial charge in [0.15, 0.2) is 0 Å². The summed E-state index contributed by atoms with van der Waals surface area (Å²) in [6.45, 7) is 6.09. The molecule has 0 aliphatic heterocycles. The highest BCUT2D eigenvalue weighted by Gasteiger charge is 2.16. The Morgan fingerprint density at radius 1 is 1.58 bits per heavy atom. The fourth-order valence-corrected chi connectivity index (χ4v) is 1.22. The fraction of sp³-hybridized carbons (Fsp3) is 0.700. The Hall–Kier alpha value is -0.790. The second kappa shape index (κ2) is 5.81. The zero-order valence-corrected chi connectivity index (χ0v) is 8.26. The van der Waals surface area contributed by atoms with E-state index in [2.05, 4.69) is 13.0 Å². The molecular formula is C10H19NO. The van der Waals surface area contributed by atoms with Gasteiger partial charge in [-0.2, -0.15) is 0 Å². The number of hydrogen-bond donors (Lipinski definition) is 1. The van der Waals surface area contributed by atoms with Crippen molar-refractivity contribution in [1.82, 2.24) is 0 Å². The molecule has 0 aromatic rings. The van der Waals surface area contributed by atoms with Crippen LogP contribution in [0, 0.1) is 5.92 Å². The molecule has 0 radical (unpaired) electrons. The Labute approximate surface area is 74.8 Å². The quantitative estimate of drug-likeness (QED) is 0.601. The van der Waals surface area contributed by atoms with Crippen molar-refractivity contribution in [1.29, 1.82) is 0 Å². The number of amides is 1. The SMILES string of the molecule is CC.CC1=CCC(C(N)=O)CC1. The van der Waals surface area contributed by atoms with Gasteiger partial charge in [-0.15, -0.1) is 0 Å². The molecule has 0 aromatic heterocycles. The van der Waals surface area contributed by atoms with Crippen molar-refractivity contribution in [3.63, 3.8) is 0 Å². The highest BCUT2D eigenvalue weighted by atomic mass is 16.1. The van der Waals surface area contributed by atoms with E-state index in [4.69, 9.17) is 5.73 Å². The van der Waals surface area contributed by atoms with Crippen molar-refractivity contribution in [3.8, 4) is 0 Å². The standard InChI is InChI=1S/C8H13NO.C2H6/c1-6-2-4-7(5-3-6)8(9)10;1-2/h2,7H,3-5H2,1H3,(H2,9,10);1-2H3. The lowest BCUT2D eigenvalue weighted by atomic mass is 9.90. The smallest absolute Gasteiger partial charge is 0.220 e. The molecule has 1 aliphatic carbocycles. The fourth-order valence-electron chi connectivity index (χ4n) is 1.22. The average molecular weight is 169 g/mol. The summed E-state index contributed by atoms with van der Waals surface area (Å²) in [5.74, 6) is -0.0487. The number of primary amides is 1. The lowest BCUT2D eigenvalue weighted by Crippen LogP contribution is -2.24. The minimum atomic E-state index is -0.149. The summed E-state index contributed by atoms with van der Waals surface area (Å²) in [4.78, 5) is 10.7.